The van der Waals surface area contributed by atoms with Crippen LogP contribution in [0.2, 0.25) is 0 Å². The first-order valence-electron chi connectivity index (χ1n) is 5.07. The molecule has 1 aromatic carbocycles. The van der Waals surface area contributed by atoms with Gasteiger partial charge in [0.25, 0.3) is 5.69 Å². The number of hydrogen-bond acceptors (Lipinski definition) is 5. The van der Waals surface area contributed by atoms with Crippen molar-refractivity contribution in [3.05, 3.63) is 40.5 Å². The van der Waals surface area contributed by atoms with E-state index in [0.29, 0.717) is 6.42 Å². The molecule has 0 bridgehead atoms. The molecule has 0 aromatic heterocycles. The Kier molecular flexibility index (Phi) is 4.47. The molecule has 0 fully saturated rings. The molecule has 6 heteroatoms. The highest BCUT2D eigenvalue weighted by atomic mass is 16.6. The Morgan fingerprint density at radius 2 is 2.29 bits per heavy atom. The van der Waals surface area contributed by atoms with Crippen molar-refractivity contribution in [1.82, 2.24) is 0 Å². The number of nitrogens with one attached hydrogen (secondary N) is 1. The second-order valence-corrected chi connectivity index (χ2v) is 3.42. The topological polar surface area (TPSA) is 95.6 Å². The normalized spacial score (nSPS) is 12.6. The number of benzene rings is 1. The lowest BCUT2D eigenvalue weighted by Crippen LogP contribution is -2.18. The van der Waals surface area contributed by atoms with Gasteiger partial charge in [0.05, 0.1) is 4.92 Å². The van der Waals surface area contributed by atoms with E-state index in [1.165, 1.54) is 18.2 Å². The van der Waals surface area contributed by atoms with E-state index >= 15 is 0 Å². The number of hydrogen-bond donors (Lipinski definition) is 3. The molecule has 1 atom stereocenters. The molecule has 0 aliphatic carbocycles. The predicted molar refractivity (Wildman–Crippen MR) is 63.8 cm³/mol. The molecule has 3 N–H and O–H groups in total. The number of phenols is 1. The molecule has 17 heavy (non-hydrogen) atoms. The first kappa shape index (κ1) is 13.0. The van der Waals surface area contributed by atoms with Gasteiger partial charge in [-0.1, -0.05) is 12.2 Å². The van der Waals surface area contributed by atoms with Gasteiger partial charge in [0.2, 0.25) is 0 Å². The first-order chi connectivity index (χ1) is 8.04. The van der Waals surface area contributed by atoms with Gasteiger partial charge in [-0.3, -0.25) is 10.1 Å². The summed E-state index contributed by atoms with van der Waals surface area (Å²) in [5.74, 6) is -0.101. The Morgan fingerprint density at radius 1 is 1.59 bits per heavy atom. The van der Waals surface area contributed by atoms with Crippen molar-refractivity contribution in [3.8, 4) is 5.75 Å². The second kappa shape index (κ2) is 5.86. The number of nitro benzene ring substituents is 1. The molecule has 6 nitrogen and oxygen atoms in total. The number of nitrogens with zero attached hydrogens (tertiary/aromatic N) is 1. The van der Waals surface area contributed by atoms with E-state index < -0.39 is 11.2 Å². The standard InChI is InChI=1S/C11H14N2O4/c1-2-3-4-11(15)12-9-7-8(14)5-6-10(9)13(16)17/h2-3,5-7,11-12,14-15H,4H2,1H3/b3-2+. The number of phenolic OH excluding ortho intramolecular Hbond substituents is 1. The SMILES string of the molecule is C/C=C/CC(O)Nc1cc(O)ccc1[N+](=O)[O-]. The van der Waals surface area contributed by atoms with Crippen LogP contribution < -0.4 is 5.32 Å². The molecule has 0 aliphatic rings. The van der Waals surface area contributed by atoms with E-state index in [1.54, 1.807) is 12.2 Å². The van der Waals surface area contributed by atoms with Crippen LogP contribution in [0, 0.1) is 10.1 Å². The Bertz CT molecular complexity index is 431. The number of aliphatic hydroxyl groups excluding tert-OH is 1. The molecule has 0 heterocycles. The van der Waals surface area contributed by atoms with Crippen LogP contribution in [0.5, 0.6) is 5.75 Å². The number of aliphatic hydroxyl groups is 1. The van der Waals surface area contributed by atoms with Crippen LogP contribution >= 0.6 is 0 Å². The summed E-state index contributed by atoms with van der Waals surface area (Å²) < 4.78 is 0. The number of aromatic hydroxyl groups is 1. The van der Waals surface area contributed by atoms with Crippen molar-refractivity contribution in [2.75, 3.05) is 5.32 Å². The van der Waals surface area contributed by atoms with Crippen molar-refractivity contribution in [2.24, 2.45) is 0 Å². The maximum atomic E-state index is 10.7. The lowest BCUT2D eigenvalue weighted by atomic mass is 10.2. The molecule has 0 spiro atoms. The van der Waals surface area contributed by atoms with Crippen LogP contribution in [0.4, 0.5) is 11.4 Å². The van der Waals surface area contributed by atoms with Gasteiger partial charge in [-0.05, 0) is 13.0 Å². The molecule has 1 rings (SSSR count). The van der Waals surface area contributed by atoms with Crippen molar-refractivity contribution in [1.29, 1.82) is 0 Å². The highest BCUT2D eigenvalue weighted by Gasteiger charge is 2.15. The molecule has 1 unspecified atom stereocenters. The average Bonchev–Trinajstić information content (AvgIpc) is 2.26. The molecule has 0 aliphatic heterocycles. The minimum atomic E-state index is -0.938. The number of rotatable bonds is 5. The molecule has 0 saturated carbocycles. The van der Waals surface area contributed by atoms with Gasteiger partial charge < -0.3 is 15.5 Å². The molecule has 92 valence electrons. The van der Waals surface area contributed by atoms with Crippen molar-refractivity contribution < 1.29 is 15.1 Å². The van der Waals surface area contributed by atoms with Crippen molar-refractivity contribution in [3.63, 3.8) is 0 Å². The number of allylic oxidation sites excluding steroid dienone is 1. The summed E-state index contributed by atoms with van der Waals surface area (Å²) >= 11 is 0. The van der Waals surface area contributed by atoms with Crippen LogP contribution in [0.15, 0.2) is 30.4 Å². The molecular weight excluding hydrogens is 224 g/mol. The van der Waals surface area contributed by atoms with Gasteiger partial charge in [0.15, 0.2) is 0 Å². The third kappa shape index (κ3) is 3.76. The summed E-state index contributed by atoms with van der Waals surface area (Å²) in [4.78, 5) is 10.1. The zero-order valence-electron chi connectivity index (χ0n) is 9.33. The summed E-state index contributed by atoms with van der Waals surface area (Å²) in [5.41, 5.74) is -0.102. The van der Waals surface area contributed by atoms with Gasteiger partial charge in [-0.15, -0.1) is 0 Å². The Labute approximate surface area is 98.4 Å². The maximum Gasteiger partial charge on any atom is 0.292 e. The Morgan fingerprint density at radius 3 is 2.88 bits per heavy atom. The van der Waals surface area contributed by atoms with Crippen molar-refractivity contribution in [2.45, 2.75) is 19.6 Å². The third-order valence-electron chi connectivity index (χ3n) is 2.09. The summed E-state index contributed by atoms with van der Waals surface area (Å²) in [6.07, 6.45) is 2.88. The zero-order valence-corrected chi connectivity index (χ0v) is 9.33. The Balaban J connectivity index is 2.88. The van der Waals surface area contributed by atoms with E-state index in [9.17, 15) is 20.3 Å². The second-order valence-electron chi connectivity index (χ2n) is 3.42. The van der Waals surface area contributed by atoms with E-state index in [-0.39, 0.29) is 17.1 Å². The molecule has 1 aromatic rings. The molecule has 0 radical (unpaired) electrons. The van der Waals surface area contributed by atoms with Crippen LogP contribution in [0.3, 0.4) is 0 Å². The quantitative estimate of drug-likeness (QED) is 0.315. The van der Waals surface area contributed by atoms with Crippen LogP contribution in [-0.2, 0) is 0 Å². The predicted octanol–water partition coefficient (Wildman–Crippen LogP) is 2.00. The summed E-state index contributed by atoms with van der Waals surface area (Å²) in [6, 6.07) is 3.61. The smallest absolute Gasteiger partial charge is 0.292 e. The summed E-state index contributed by atoms with van der Waals surface area (Å²) in [6.45, 7) is 1.81. The fourth-order valence-corrected chi connectivity index (χ4v) is 1.30. The van der Waals surface area contributed by atoms with Gasteiger partial charge in [0.1, 0.15) is 17.7 Å². The summed E-state index contributed by atoms with van der Waals surface area (Å²) in [7, 11) is 0. The monoisotopic (exact) mass is 238 g/mol. The van der Waals surface area contributed by atoms with Gasteiger partial charge >= 0.3 is 0 Å². The van der Waals surface area contributed by atoms with Gasteiger partial charge in [-0.25, -0.2) is 0 Å². The van der Waals surface area contributed by atoms with Crippen LogP contribution in [-0.4, -0.2) is 21.4 Å². The average molecular weight is 238 g/mol. The summed E-state index contributed by atoms with van der Waals surface area (Å²) in [5, 5.41) is 32.1. The van der Waals surface area contributed by atoms with E-state index in [2.05, 4.69) is 5.32 Å². The number of anilines is 1. The van der Waals surface area contributed by atoms with E-state index in [4.69, 9.17) is 0 Å². The molecule has 0 saturated heterocycles. The first-order valence-corrected chi connectivity index (χ1v) is 5.07. The highest BCUT2D eigenvalue weighted by Crippen LogP contribution is 2.28. The van der Waals surface area contributed by atoms with Crippen LogP contribution in [0.1, 0.15) is 13.3 Å². The molecule has 0 amide bonds. The lowest BCUT2D eigenvalue weighted by molar-refractivity contribution is -0.384. The van der Waals surface area contributed by atoms with Crippen molar-refractivity contribution >= 4 is 11.4 Å². The highest BCUT2D eigenvalue weighted by molar-refractivity contribution is 5.64. The fraction of sp³-hybridized carbons (Fsp3) is 0.273. The fourth-order valence-electron chi connectivity index (χ4n) is 1.30. The minimum absolute atomic E-state index is 0.0898. The largest absolute Gasteiger partial charge is 0.508 e. The van der Waals surface area contributed by atoms with E-state index in [0.717, 1.165) is 0 Å². The van der Waals surface area contributed by atoms with E-state index in [1.807, 2.05) is 6.92 Å². The van der Waals surface area contributed by atoms with Crippen LogP contribution in [0.25, 0.3) is 0 Å². The maximum absolute atomic E-state index is 10.7. The van der Waals surface area contributed by atoms with Gasteiger partial charge in [-0.2, -0.15) is 0 Å². The zero-order chi connectivity index (χ0) is 12.8. The number of nitro groups is 1. The van der Waals surface area contributed by atoms with Gasteiger partial charge in [0, 0.05) is 18.6 Å². The Hall–Kier alpha value is -2.08. The third-order valence-corrected chi connectivity index (χ3v) is 2.09. The minimum Gasteiger partial charge on any atom is -0.508 e. The molecular formula is C11H14N2O4. The lowest BCUT2D eigenvalue weighted by Gasteiger charge is -2.12.